The standard InChI is InChI=1S/C23H18N4O3/c1-29-20-7-5-16(6-8-20)17-11-18(14-25-13-17)23(28)27-19-3-2-4-21(12-19)30-22-15-24-9-10-26-22/h2-15H,1H3,(H,27,28). The van der Waals surface area contributed by atoms with Gasteiger partial charge in [-0.25, -0.2) is 4.98 Å². The third-order valence-electron chi connectivity index (χ3n) is 4.28. The first-order valence-corrected chi connectivity index (χ1v) is 9.16. The van der Waals surface area contributed by atoms with Crippen LogP contribution in [0.5, 0.6) is 17.4 Å². The molecule has 0 aliphatic carbocycles. The minimum atomic E-state index is -0.269. The Hall–Kier alpha value is -4.26. The molecular formula is C23H18N4O3. The monoisotopic (exact) mass is 398 g/mol. The van der Waals surface area contributed by atoms with Crippen LogP contribution in [0.4, 0.5) is 5.69 Å². The quantitative estimate of drug-likeness (QED) is 0.511. The third kappa shape index (κ3) is 4.59. The van der Waals surface area contributed by atoms with Crippen molar-refractivity contribution >= 4 is 11.6 Å². The summed E-state index contributed by atoms with van der Waals surface area (Å²) in [5.41, 5.74) is 2.82. The van der Waals surface area contributed by atoms with Gasteiger partial charge in [-0.15, -0.1) is 0 Å². The van der Waals surface area contributed by atoms with Crippen LogP contribution in [-0.2, 0) is 0 Å². The van der Waals surface area contributed by atoms with Gasteiger partial charge in [-0.05, 0) is 35.9 Å². The molecule has 0 radical (unpaired) electrons. The highest BCUT2D eigenvalue weighted by molar-refractivity contribution is 6.04. The van der Waals surface area contributed by atoms with Gasteiger partial charge in [0.2, 0.25) is 5.88 Å². The molecule has 0 spiro atoms. The number of carbonyl (C=O) groups is 1. The van der Waals surface area contributed by atoms with Crippen molar-refractivity contribution in [1.82, 2.24) is 15.0 Å². The minimum Gasteiger partial charge on any atom is -0.497 e. The molecule has 2 aromatic heterocycles. The SMILES string of the molecule is COc1ccc(-c2cncc(C(=O)Nc3cccc(Oc4cnccn4)c3)c2)cc1. The van der Waals surface area contributed by atoms with E-state index < -0.39 is 0 Å². The topological polar surface area (TPSA) is 86.2 Å². The zero-order chi connectivity index (χ0) is 20.8. The fraction of sp³-hybridized carbons (Fsp3) is 0.0435. The second kappa shape index (κ2) is 8.83. The zero-order valence-corrected chi connectivity index (χ0v) is 16.1. The van der Waals surface area contributed by atoms with Crippen molar-refractivity contribution in [3.63, 3.8) is 0 Å². The van der Waals surface area contributed by atoms with E-state index in [0.717, 1.165) is 16.9 Å². The first-order valence-electron chi connectivity index (χ1n) is 9.16. The number of amides is 1. The van der Waals surface area contributed by atoms with Crippen molar-refractivity contribution in [2.45, 2.75) is 0 Å². The van der Waals surface area contributed by atoms with E-state index in [1.807, 2.05) is 24.3 Å². The van der Waals surface area contributed by atoms with E-state index in [4.69, 9.17) is 9.47 Å². The molecule has 30 heavy (non-hydrogen) atoms. The lowest BCUT2D eigenvalue weighted by molar-refractivity contribution is 0.102. The molecule has 0 fully saturated rings. The van der Waals surface area contributed by atoms with Gasteiger partial charge in [-0.3, -0.25) is 14.8 Å². The summed E-state index contributed by atoms with van der Waals surface area (Å²) in [6, 6.07) is 16.4. The van der Waals surface area contributed by atoms with Gasteiger partial charge >= 0.3 is 0 Å². The number of benzene rings is 2. The molecule has 2 heterocycles. The van der Waals surface area contributed by atoms with Gasteiger partial charge in [-0.2, -0.15) is 0 Å². The summed E-state index contributed by atoms with van der Waals surface area (Å²) in [7, 11) is 1.62. The average Bonchev–Trinajstić information content (AvgIpc) is 2.80. The Labute approximate surface area is 173 Å². The summed E-state index contributed by atoms with van der Waals surface area (Å²) in [5.74, 6) is 1.41. The van der Waals surface area contributed by atoms with Crippen LogP contribution in [-0.4, -0.2) is 28.0 Å². The number of hydrogen-bond donors (Lipinski definition) is 1. The van der Waals surface area contributed by atoms with E-state index in [9.17, 15) is 4.79 Å². The molecule has 0 saturated heterocycles. The van der Waals surface area contributed by atoms with Crippen molar-refractivity contribution in [2.24, 2.45) is 0 Å². The van der Waals surface area contributed by atoms with Crippen LogP contribution in [0.15, 0.2) is 85.6 Å². The van der Waals surface area contributed by atoms with Crippen molar-refractivity contribution in [2.75, 3.05) is 12.4 Å². The molecule has 0 unspecified atom stereocenters. The lowest BCUT2D eigenvalue weighted by Gasteiger charge is -2.09. The Bertz CT molecular complexity index is 1150. The maximum Gasteiger partial charge on any atom is 0.257 e. The summed E-state index contributed by atoms with van der Waals surface area (Å²) in [5, 5.41) is 2.87. The lowest BCUT2D eigenvalue weighted by atomic mass is 10.1. The second-order valence-corrected chi connectivity index (χ2v) is 6.32. The largest absolute Gasteiger partial charge is 0.497 e. The molecule has 148 valence electrons. The molecular weight excluding hydrogens is 380 g/mol. The number of carbonyl (C=O) groups excluding carboxylic acids is 1. The third-order valence-corrected chi connectivity index (χ3v) is 4.28. The minimum absolute atomic E-state index is 0.269. The van der Waals surface area contributed by atoms with E-state index in [0.29, 0.717) is 22.9 Å². The van der Waals surface area contributed by atoms with Crippen LogP contribution >= 0.6 is 0 Å². The Kier molecular flexibility index (Phi) is 5.61. The molecule has 1 N–H and O–H groups in total. The van der Waals surface area contributed by atoms with Gasteiger partial charge in [0, 0.05) is 42.1 Å². The molecule has 0 saturated carbocycles. The van der Waals surface area contributed by atoms with E-state index in [-0.39, 0.29) is 5.91 Å². The number of pyridine rings is 1. The van der Waals surface area contributed by atoms with Crippen LogP contribution in [0.3, 0.4) is 0 Å². The number of methoxy groups -OCH3 is 1. The Balaban J connectivity index is 1.49. The average molecular weight is 398 g/mol. The lowest BCUT2D eigenvalue weighted by Crippen LogP contribution is -2.12. The number of nitrogens with one attached hydrogen (secondary N) is 1. The van der Waals surface area contributed by atoms with Crippen LogP contribution in [0.25, 0.3) is 11.1 Å². The van der Waals surface area contributed by atoms with E-state index in [1.165, 1.54) is 12.4 Å². The first kappa shape index (κ1) is 19.1. The van der Waals surface area contributed by atoms with Crippen LogP contribution in [0, 0.1) is 0 Å². The number of ether oxygens (including phenoxy) is 2. The Morgan fingerprint density at radius 3 is 2.50 bits per heavy atom. The summed E-state index contributed by atoms with van der Waals surface area (Å²) in [6.45, 7) is 0. The van der Waals surface area contributed by atoms with Gasteiger partial charge in [-0.1, -0.05) is 18.2 Å². The van der Waals surface area contributed by atoms with Gasteiger partial charge in [0.25, 0.3) is 5.91 Å². The number of aromatic nitrogens is 3. The number of nitrogens with zero attached hydrogens (tertiary/aromatic N) is 3. The predicted octanol–water partition coefficient (Wildman–Crippen LogP) is 4.59. The summed E-state index contributed by atoms with van der Waals surface area (Å²) in [4.78, 5) is 25.0. The second-order valence-electron chi connectivity index (χ2n) is 6.32. The summed E-state index contributed by atoms with van der Waals surface area (Å²) >= 11 is 0. The molecule has 0 bridgehead atoms. The molecule has 1 amide bonds. The smallest absolute Gasteiger partial charge is 0.257 e. The molecule has 0 aliphatic heterocycles. The van der Waals surface area contributed by atoms with E-state index in [1.54, 1.807) is 56.0 Å². The normalized spacial score (nSPS) is 10.3. The maximum absolute atomic E-state index is 12.7. The van der Waals surface area contributed by atoms with Crippen molar-refractivity contribution in [3.8, 4) is 28.5 Å². The van der Waals surface area contributed by atoms with Crippen molar-refractivity contribution in [3.05, 3.63) is 91.1 Å². The number of anilines is 1. The first-order chi connectivity index (χ1) is 14.7. The molecule has 4 aromatic rings. The highest BCUT2D eigenvalue weighted by Gasteiger charge is 2.10. The van der Waals surface area contributed by atoms with Gasteiger partial charge in [0.05, 0.1) is 18.9 Å². The van der Waals surface area contributed by atoms with Crippen molar-refractivity contribution in [1.29, 1.82) is 0 Å². The highest BCUT2D eigenvalue weighted by atomic mass is 16.5. The van der Waals surface area contributed by atoms with Crippen molar-refractivity contribution < 1.29 is 14.3 Å². The number of rotatable bonds is 6. The molecule has 7 heteroatoms. The van der Waals surface area contributed by atoms with E-state index in [2.05, 4.69) is 20.3 Å². The van der Waals surface area contributed by atoms with Gasteiger partial charge in [0.15, 0.2) is 0 Å². The molecule has 4 rings (SSSR count). The van der Waals surface area contributed by atoms with Crippen LogP contribution in [0.2, 0.25) is 0 Å². The Morgan fingerprint density at radius 1 is 0.867 bits per heavy atom. The molecule has 0 atom stereocenters. The summed E-state index contributed by atoms with van der Waals surface area (Å²) in [6.07, 6.45) is 7.87. The fourth-order valence-corrected chi connectivity index (χ4v) is 2.80. The van der Waals surface area contributed by atoms with Gasteiger partial charge in [0.1, 0.15) is 11.5 Å². The highest BCUT2D eigenvalue weighted by Crippen LogP contribution is 2.24. The maximum atomic E-state index is 12.7. The Morgan fingerprint density at radius 2 is 1.73 bits per heavy atom. The fourth-order valence-electron chi connectivity index (χ4n) is 2.80. The van der Waals surface area contributed by atoms with Crippen LogP contribution < -0.4 is 14.8 Å². The van der Waals surface area contributed by atoms with E-state index >= 15 is 0 Å². The van der Waals surface area contributed by atoms with Crippen LogP contribution in [0.1, 0.15) is 10.4 Å². The molecule has 2 aromatic carbocycles. The molecule has 7 nitrogen and oxygen atoms in total. The summed E-state index contributed by atoms with van der Waals surface area (Å²) < 4.78 is 10.8. The van der Waals surface area contributed by atoms with Gasteiger partial charge < -0.3 is 14.8 Å². The number of hydrogen-bond acceptors (Lipinski definition) is 6. The zero-order valence-electron chi connectivity index (χ0n) is 16.1. The predicted molar refractivity (Wildman–Crippen MR) is 113 cm³/mol. The molecule has 0 aliphatic rings.